The second-order valence-electron chi connectivity index (χ2n) is 7.64. The molecule has 1 saturated carbocycles. The highest BCUT2D eigenvalue weighted by Crippen LogP contribution is 2.42. The van der Waals surface area contributed by atoms with Crippen LogP contribution in [0.5, 0.6) is 0 Å². The van der Waals surface area contributed by atoms with E-state index in [0.717, 1.165) is 42.6 Å². The maximum atomic E-state index is 12.7. The molecule has 0 bridgehead atoms. The molecule has 3 heteroatoms. The largest absolute Gasteiger partial charge is 0.416 e. The van der Waals surface area contributed by atoms with Gasteiger partial charge >= 0.3 is 6.18 Å². The van der Waals surface area contributed by atoms with E-state index in [0.29, 0.717) is 0 Å². The average Bonchev–Trinajstić information content (AvgIpc) is 2.62. The zero-order valence-electron chi connectivity index (χ0n) is 14.7. The highest BCUT2D eigenvalue weighted by atomic mass is 19.4. The smallest absolute Gasteiger partial charge is 0.166 e. The summed E-state index contributed by atoms with van der Waals surface area (Å²) in [6.07, 6.45) is 9.74. The summed E-state index contributed by atoms with van der Waals surface area (Å²) < 4.78 is 38.0. The molecule has 0 aliphatic heterocycles. The molecule has 2 aliphatic carbocycles. The van der Waals surface area contributed by atoms with Crippen LogP contribution < -0.4 is 0 Å². The van der Waals surface area contributed by atoms with Gasteiger partial charge in [0.05, 0.1) is 5.56 Å². The van der Waals surface area contributed by atoms with E-state index in [4.69, 9.17) is 0 Å². The summed E-state index contributed by atoms with van der Waals surface area (Å²) in [6.45, 7) is 3.85. The average molecular weight is 348 g/mol. The van der Waals surface area contributed by atoms with Crippen LogP contribution in [0.15, 0.2) is 43.0 Å². The van der Waals surface area contributed by atoms with Crippen molar-refractivity contribution in [1.82, 2.24) is 0 Å². The summed E-state index contributed by atoms with van der Waals surface area (Å²) in [7, 11) is 0. The molecule has 25 heavy (non-hydrogen) atoms. The van der Waals surface area contributed by atoms with Gasteiger partial charge in [0.2, 0.25) is 0 Å². The first-order chi connectivity index (χ1) is 12.0. The molecule has 0 nitrogen and oxygen atoms in total. The molecule has 1 aromatic rings. The first-order valence-corrected chi connectivity index (χ1v) is 9.45. The quantitative estimate of drug-likeness (QED) is 0.502. The van der Waals surface area contributed by atoms with Crippen molar-refractivity contribution in [2.45, 2.75) is 57.5 Å². The zero-order chi connectivity index (χ0) is 17.9. The summed E-state index contributed by atoms with van der Waals surface area (Å²) in [4.78, 5) is 0. The van der Waals surface area contributed by atoms with Gasteiger partial charge in [0, 0.05) is 0 Å². The molecule has 0 spiro atoms. The fourth-order valence-corrected chi connectivity index (χ4v) is 4.55. The number of benzene rings is 1. The lowest BCUT2D eigenvalue weighted by molar-refractivity contribution is -0.137. The summed E-state index contributed by atoms with van der Waals surface area (Å²) in [5, 5.41) is 0. The van der Waals surface area contributed by atoms with Gasteiger partial charge in [-0.1, -0.05) is 24.3 Å². The molecule has 1 aromatic carbocycles. The minimum atomic E-state index is -4.25. The van der Waals surface area contributed by atoms with E-state index < -0.39 is 11.7 Å². The lowest BCUT2D eigenvalue weighted by Gasteiger charge is -2.35. The van der Waals surface area contributed by atoms with Gasteiger partial charge in [0.15, 0.2) is 0 Å². The van der Waals surface area contributed by atoms with Crippen LogP contribution in [0.25, 0.3) is 5.57 Å². The number of hydrogen-bond acceptors (Lipinski definition) is 0. The molecule has 0 N–H and O–H groups in total. The first-order valence-electron chi connectivity index (χ1n) is 9.45. The molecule has 0 aromatic heterocycles. The Morgan fingerprint density at radius 2 is 1.64 bits per heavy atom. The third-order valence-electron chi connectivity index (χ3n) is 6.09. The van der Waals surface area contributed by atoms with E-state index in [1.807, 2.05) is 6.08 Å². The molecule has 136 valence electrons. The molecule has 1 fully saturated rings. The van der Waals surface area contributed by atoms with Crippen LogP contribution in [0.2, 0.25) is 0 Å². The topological polar surface area (TPSA) is 0 Å². The van der Waals surface area contributed by atoms with Gasteiger partial charge in [-0.2, -0.15) is 13.2 Å². The fourth-order valence-electron chi connectivity index (χ4n) is 4.55. The van der Waals surface area contributed by atoms with Crippen LogP contribution in [0.1, 0.15) is 62.5 Å². The molecular weight excluding hydrogens is 321 g/mol. The lowest BCUT2D eigenvalue weighted by Crippen LogP contribution is -2.23. The molecule has 3 rings (SSSR count). The fraction of sp³-hybridized carbons (Fsp3) is 0.545. The van der Waals surface area contributed by atoms with Gasteiger partial charge in [-0.3, -0.25) is 0 Å². The Bertz CT molecular complexity index is 601. The lowest BCUT2D eigenvalue weighted by atomic mass is 9.70. The standard InChI is InChI=1S/C22H27F3/c1-2-3-16-4-6-17(7-5-16)18-8-10-19(11-9-18)20-12-14-21(15-13-20)22(23,24)25/h2,10,12-18H,1,3-9,11H2. The molecule has 1 unspecified atom stereocenters. The predicted molar refractivity (Wildman–Crippen MR) is 97.0 cm³/mol. The van der Waals surface area contributed by atoms with E-state index in [1.54, 1.807) is 12.1 Å². The van der Waals surface area contributed by atoms with Gasteiger partial charge in [-0.25, -0.2) is 0 Å². The van der Waals surface area contributed by atoms with Crippen molar-refractivity contribution in [1.29, 1.82) is 0 Å². The van der Waals surface area contributed by atoms with E-state index in [2.05, 4.69) is 12.7 Å². The van der Waals surface area contributed by atoms with Crippen LogP contribution in [0.4, 0.5) is 13.2 Å². The Morgan fingerprint density at radius 3 is 2.16 bits per heavy atom. The van der Waals surface area contributed by atoms with Crippen molar-refractivity contribution < 1.29 is 13.2 Å². The molecule has 0 radical (unpaired) electrons. The zero-order valence-corrected chi connectivity index (χ0v) is 14.7. The predicted octanol–water partition coefficient (Wildman–Crippen LogP) is 7.27. The highest BCUT2D eigenvalue weighted by Gasteiger charge is 2.31. The first kappa shape index (κ1) is 18.3. The van der Waals surface area contributed by atoms with E-state index >= 15 is 0 Å². The van der Waals surface area contributed by atoms with Crippen molar-refractivity contribution >= 4 is 5.57 Å². The van der Waals surface area contributed by atoms with Gasteiger partial charge < -0.3 is 0 Å². The Morgan fingerprint density at radius 1 is 0.960 bits per heavy atom. The van der Waals surface area contributed by atoms with Crippen molar-refractivity contribution in [2.24, 2.45) is 17.8 Å². The van der Waals surface area contributed by atoms with E-state index in [1.165, 1.54) is 49.8 Å². The monoisotopic (exact) mass is 348 g/mol. The van der Waals surface area contributed by atoms with Crippen molar-refractivity contribution in [3.8, 4) is 0 Å². The normalized spacial score (nSPS) is 27.6. The van der Waals surface area contributed by atoms with Gasteiger partial charge in [0.25, 0.3) is 0 Å². The highest BCUT2D eigenvalue weighted by molar-refractivity contribution is 5.66. The SMILES string of the molecule is C=CCC1CCC(C2CC=C(c3ccc(C(F)(F)F)cc3)CC2)CC1. The summed E-state index contributed by atoms with van der Waals surface area (Å²) in [5.74, 6) is 2.41. The Kier molecular flexibility index (Phi) is 5.71. The van der Waals surface area contributed by atoms with Crippen molar-refractivity contribution in [3.63, 3.8) is 0 Å². The minimum absolute atomic E-state index is 0.568. The minimum Gasteiger partial charge on any atom is -0.166 e. The van der Waals surface area contributed by atoms with Gasteiger partial charge in [-0.05, 0) is 92.4 Å². The van der Waals surface area contributed by atoms with Crippen molar-refractivity contribution in [3.05, 3.63) is 54.1 Å². The van der Waals surface area contributed by atoms with Gasteiger partial charge in [-0.15, -0.1) is 6.58 Å². The maximum Gasteiger partial charge on any atom is 0.416 e. The van der Waals surface area contributed by atoms with Crippen LogP contribution in [0.3, 0.4) is 0 Å². The molecule has 0 heterocycles. The molecule has 1 atom stereocenters. The molecule has 0 amide bonds. The van der Waals surface area contributed by atoms with Crippen molar-refractivity contribution in [2.75, 3.05) is 0 Å². The number of hydrogen-bond donors (Lipinski definition) is 0. The second kappa shape index (κ2) is 7.80. The molecular formula is C22H27F3. The summed E-state index contributed by atoms with van der Waals surface area (Å²) in [5.41, 5.74) is 1.59. The number of alkyl halides is 3. The number of rotatable bonds is 4. The number of halogens is 3. The van der Waals surface area contributed by atoms with E-state index in [-0.39, 0.29) is 0 Å². The summed E-state index contributed by atoms with van der Waals surface area (Å²) >= 11 is 0. The van der Waals surface area contributed by atoms with Crippen LogP contribution in [0, 0.1) is 17.8 Å². The van der Waals surface area contributed by atoms with Crippen LogP contribution in [-0.4, -0.2) is 0 Å². The Hall–Kier alpha value is -1.51. The molecule has 0 saturated heterocycles. The Labute approximate surface area is 148 Å². The second-order valence-corrected chi connectivity index (χ2v) is 7.64. The van der Waals surface area contributed by atoms with E-state index in [9.17, 15) is 13.2 Å². The van der Waals surface area contributed by atoms with Crippen LogP contribution >= 0.6 is 0 Å². The third kappa shape index (κ3) is 4.56. The number of allylic oxidation sites excluding steroid dienone is 3. The van der Waals surface area contributed by atoms with Gasteiger partial charge in [0.1, 0.15) is 0 Å². The van der Waals surface area contributed by atoms with Crippen LogP contribution in [-0.2, 0) is 6.18 Å². The Balaban J connectivity index is 1.57. The molecule has 2 aliphatic rings. The maximum absolute atomic E-state index is 12.7. The summed E-state index contributed by atoms with van der Waals surface area (Å²) in [6, 6.07) is 5.64. The third-order valence-corrected chi connectivity index (χ3v) is 6.09.